The molecule has 0 amide bonds. The number of aryl methyl sites for hydroxylation is 1. The first-order valence-corrected chi connectivity index (χ1v) is 14.7. The fourth-order valence-corrected chi connectivity index (χ4v) is 9.68. The quantitative estimate of drug-likeness (QED) is 0.389. The van der Waals surface area contributed by atoms with Crippen molar-refractivity contribution in [2.24, 2.45) is 28.6 Å². The molecule has 9 atom stereocenters. The van der Waals surface area contributed by atoms with Crippen LogP contribution < -0.4 is 0 Å². The van der Waals surface area contributed by atoms with Gasteiger partial charge in [0.25, 0.3) is 10.1 Å². The molecule has 5 aliphatic rings. The average molecular weight is 543 g/mol. The van der Waals surface area contributed by atoms with Crippen LogP contribution in [0.5, 0.6) is 0 Å². The van der Waals surface area contributed by atoms with Crippen LogP contribution in [0.1, 0.15) is 63.7 Å². The van der Waals surface area contributed by atoms with E-state index in [1.165, 1.54) is 12.1 Å². The summed E-state index contributed by atoms with van der Waals surface area (Å²) in [5.41, 5.74) is -2.37. The lowest BCUT2D eigenvalue weighted by molar-refractivity contribution is -0.171. The van der Waals surface area contributed by atoms with Gasteiger partial charge >= 0.3 is 0 Å². The molecule has 8 nitrogen and oxygen atoms in total. The van der Waals surface area contributed by atoms with Crippen LogP contribution in [0, 0.1) is 35.5 Å². The second-order valence-corrected chi connectivity index (χ2v) is 14.0. The molecule has 4 aliphatic carbocycles. The number of aliphatic hydroxyl groups excluding tert-OH is 1. The van der Waals surface area contributed by atoms with E-state index in [2.05, 4.69) is 6.92 Å². The van der Waals surface area contributed by atoms with E-state index in [-0.39, 0.29) is 29.3 Å². The summed E-state index contributed by atoms with van der Waals surface area (Å²) in [5, 5.41) is 23.6. The van der Waals surface area contributed by atoms with Crippen molar-refractivity contribution in [3.8, 4) is 0 Å². The van der Waals surface area contributed by atoms with E-state index in [4.69, 9.17) is 4.74 Å². The van der Waals surface area contributed by atoms with Gasteiger partial charge in [-0.15, -0.1) is 0 Å². The number of benzene rings is 1. The highest BCUT2D eigenvalue weighted by molar-refractivity contribution is 7.85. The molecular weight excluding hydrogens is 508 g/mol. The number of epoxide rings is 1. The van der Waals surface area contributed by atoms with Crippen molar-refractivity contribution in [2.75, 3.05) is 0 Å². The Hall–Kier alpha value is -2.17. The maximum atomic E-state index is 14.1. The predicted molar refractivity (Wildman–Crippen MR) is 137 cm³/mol. The van der Waals surface area contributed by atoms with Crippen molar-refractivity contribution in [1.29, 1.82) is 0 Å². The standard InChI is InChI=1S/C29H34O8S/c1-15-5-8-22(38(34,35)36)19(11-15)24(31)25(32)28(33)16(2)12-21-20-7-6-17-13-18(30)9-10-26(17,3)29(20)23(37-29)14-27(21,28)4/h5,8-11,13,16,20-21,23-24,31,33H,6-7,12,14H2,1-4H3,(H,34,35,36)/t16-,20+,21+,23+,24?,26+,27+,28+,29-/m1/s1. The predicted octanol–water partition coefficient (Wildman–Crippen LogP) is 3.26. The van der Waals surface area contributed by atoms with Crippen molar-refractivity contribution in [2.45, 2.75) is 81.7 Å². The van der Waals surface area contributed by atoms with E-state index >= 15 is 0 Å². The van der Waals surface area contributed by atoms with Gasteiger partial charge in [-0.2, -0.15) is 8.42 Å². The zero-order valence-electron chi connectivity index (χ0n) is 22.0. The van der Waals surface area contributed by atoms with Crippen LogP contribution in [-0.4, -0.2) is 52.1 Å². The van der Waals surface area contributed by atoms with Crippen LogP contribution >= 0.6 is 0 Å². The Labute approximate surface area is 222 Å². The normalized spacial score (nSPS) is 43.9. The van der Waals surface area contributed by atoms with Crippen molar-refractivity contribution in [1.82, 2.24) is 0 Å². The highest BCUT2D eigenvalue weighted by atomic mass is 32.2. The monoisotopic (exact) mass is 542 g/mol. The fraction of sp³-hybridized carbons (Fsp3) is 0.586. The molecule has 1 aromatic rings. The van der Waals surface area contributed by atoms with Crippen molar-refractivity contribution < 1.29 is 37.5 Å². The number of hydrogen-bond acceptors (Lipinski definition) is 7. The molecule has 1 aromatic carbocycles. The summed E-state index contributed by atoms with van der Waals surface area (Å²) in [6, 6.07) is 3.99. The van der Waals surface area contributed by atoms with Crippen LogP contribution in [0.4, 0.5) is 0 Å². The molecule has 0 bridgehead atoms. The lowest BCUT2D eigenvalue weighted by Crippen LogP contribution is -2.62. The van der Waals surface area contributed by atoms with E-state index < -0.39 is 54.9 Å². The molecule has 3 N–H and O–H groups in total. The highest BCUT2D eigenvalue weighted by Crippen LogP contribution is 2.76. The Morgan fingerprint density at radius 1 is 1.21 bits per heavy atom. The Morgan fingerprint density at radius 2 is 1.92 bits per heavy atom. The molecule has 6 rings (SSSR count). The average Bonchev–Trinajstić information content (AvgIpc) is 3.52. The summed E-state index contributed by atoms with van der Waals surface area (Å²) < 4.78 is 40.4. The molecule has 9 heteroatoms. The van der Waals surface area contributed by atoms with Gasteiger partial charge in [-0.05, 0) is 75.5 Å². The van der Waals surface area contributed by atoms with Gasteiger partial charge in [-0.25, -0.2) is 0 Å². The zero-order valence-corrected chi connectivity index (χ0v) is 22.8. The fourth-order valence-electron chi connectivity index (χ4n) is 8.97. The number of Topliss-reactive ketones (excluding diaryl/α,β-unsaturated/α-hetero) is 1. The highest BCUT2D eigenvalue weighted by Gasteiger charge is 2.82. The van der Waals surface area contributed by atoms with Crippen LogP contribution in [0.2, 0.25) is 0 Å². The van der Waals surface area contributed by atoms with Gasteiger partial charge in [-0.1, -0.05) is 43.2 Å². The molecule has 1 unspecified atom stereocenters. The SMILES string of the molecule is Cc1ccc(S(=O)(=O)O)c(C(O)C(=O)[C@@]2(O)[C@H](C)C[C@H]3[C@@H]4CCC5=CC(=O)C=C[C@]5(C)[C@@]45O[C@H]5C[C@@]32C)c1. The Kier molecular flexibility index (Phi) is 5.30. The molecule has 3 saturated carbocycles. The molecule has 1 heterocycles. The third-order valence-electron chi connectivity index (χ3n) is 10.9. The molecular formula is C29H34O8S. The third kappa shape index (κ3) is 3.02. The lowest BCUT2D eigenvalue weighted by atomic mass is 9.46. The van der Waals surface area contributed by atoms with Gasteiger partial charge in [-0.3, -0.25) is 14.1 Å². The number of fused-ring (bicyclic) bond motifs is 3. The molecule has 0 radical (unpaired) electrons. The molecule has 38 heavy (non-hydrogen) atoms. The third-order valence-corrected chi connectivity index (χ3v) is 11.8. The van der Waals surface area contributed by atoms with Crippen molar-refractivity contribution >= 4 is 21.7 Å². The van der Waals surface area contributed by atoms with E-state index in [1.54, 1.807) is 19.1 Å². The smallest absolute Gasteiger partial charge is 0.294 e. The first kappa shape index (κ1) is 26.1. The van der Waals surface area contributed by atoms with Crippen molar-refractivity contribution in [3.63, 3.8) is 0 Å². The van der Waals surface area contributed by atoms with Crippen LogP contribution in [0.15, 0.2) is 46.9 Å². The summed E-state index contributed by atoms with van der Waals surface area (Å²) in [6.45, 7) is 7.50. The topological polar surface area (TPSA) is 142 Å². The number of ketones is 2. The molecule has 1 saturated heterocycles. The number of hydrogen-bond donors (Lipinski definition) is 3. The molecule has 0 aromatic heterocycles. The van der Waals surface area contributed by atoms with Gasteiger partial charge in [0.1, 0.15) is 22.2 Å². The maximum Gasteiger partial charge on any atom is 0.294 e. The first-order chi connectivity index (χ1) is 17.6. The van der Waals surface area contributed by atoms with Crippen LogP contribution in [0.3, 0.4) is 0 Å². The molecule has 204 valence electrons. The second-order valence-electron chi connectivity index (χ2n) is 12.6. The Morgan fingerprint density at radius 3 is 2.61 bits per heavy atom. The lowest BCUT2D eigenvalue weighted by Gasteiger charge is -2.55. The maximum absolute atomic E-state index is 14.1. The van der Waals surface area contributed by atoms with Gasteiger partial charge in [0, 0.05) is 16.4 Å². The number of ether oxygens (including phenoxy) is 1. The summed E-state index contributed by atoms with van der Waals surface area (Å²) >= 11 is 0. The van der Waals surface area contributed by atoms with E-state index in [9.17, 15) is 32.8 Å². The van der Waals surface area contributed by atoms with E-state index in [0.717, 1.165) is 24.5 Å². The molecule has 1 spiro atoms. The van der Waals surface area contributed by atoms with Crippen molar-refractivity contribution in [3.05, 3.63) is 53.1 Å². The molecule has 4 fully saturated rings. The van der Waals surface area contributed by atoms with Gasteiger partial charge in [0.05, 0.1) is 6.10 Å². The summed E-state index contributed by atoms with van der Waals surface area (Å²) in [6.07, 6.45) is 5.57. The van der Waals surface area contributed by atoms with Gasteiger partial charge in [0.2, 0.25) is 0 Å². The first-order valence-electron chi connectivity index (χ1n) is 13.3. The summed E-state index contributed by atoms with van der Waals surface area (Å²) in [5.74, 6) is -1.42. The van der Waals surface area contributed by atoms with Crippen LogP contribution in [0.25, 0.3) is 0 Å². The number of aliphatic hydroxyl groups is 2. The van der Waals surface area contributed by atoms with Gasteiger partial charge in [0.15, 0.2) is 11.6 Å². The van der Waals surface area contributed by atoms with E-state index in [0.29, 0.717) is 18.4 Å². The Balaban J connectivity index is 1.40. The molecule has 1 aliphatic heterocycles. The number of carbonyl (C=O) groups is 2. The van der Waals surface area contributed by atoms with Gasteiger partial charge < -0.3 is 14.9 Å². The zero-order chi connectivity index (χ0) is 27.6. The minimum absolute atomic E-state index is 0.0194. The second kappa shape index (κ2) is 7.73. The Bertz CT molecular complexity index is 1440. The van der Waals surface area contributed by atoms with E-state index in [1.807, 2.05) is 19.9 Å². The largest absolute Gasteiger partial charge is 0.381 e. The minimum Gasteiger partial charge on any atom is -0.381 e. The minimum atomic E-state index is -4.71. The number of carbonyl (C=O) groups excluding carboxylic acids is 2. The van der Waals surface area contributed by atoms with Crippen LogP contribution in [-0.2, 0) is 24.4 Å². The summed E-state index contributed by atoms with van der Waals surface area (Å²) in [7, 11) is -4.71. The number of rotatable bonds is 4. The number of allylic oxidation sites excluding steroid dienone is 2. The summed E-state index contributed by atoms with van der Waals surface area (Å²) in [4.78, 5) is 25.6.